The first-order valence-corrected chi connectivity index (χ1v) is 9.58. The molecule has 1 aliphatic carbocycles. The number of rotatable bonds is 4. The van der Waals surface area contributed by atoms with E-state index in [1.54, 1.807) is 0 Å². The highest BCUT2D eigenvalue weighted by Gasteiger charge is 2.25. The number of carboxylic acids is 1. The normalized spacial score (nSPS) is 12.2. The zero-order valence-electron chi connectivity index (χ0n) is 14.0. The molecule has 2 N–H and O–H groups in total. The van der Waals surface area contributed by atoms with E-state index >= 15 is 0 Å². The number of fused-ring (bicyclic) bond motifs is 3. The Labute approximate surface area is 155 Å². The molecule has 0 saturated heterocycles. The van der Waals surface area contributed by atoms with Crippen molar-refractivity contribution in [3.05, 3.63) is 89.5 Å². The van der Waals surface area contributed by atoms with Crippen molar-refractivity contribution in [3.8, 4) is 11.1 Å². The summed E-state index contributed by atoms with van der Waals surface area (Å²) in [7, 11) is -3.93. The van der Waals surface area contributed by atoms with Gasteiger partial charge < -0.3 is 5.11 Å². The van der Waals surface area contributed by atoms with Gasteiger partial charge in [-0.25, -0.2) is 4.79 Å². The molecule has 0 saturated carbocycles. The molecule has 0 amide bonds. The predicted octanol–water partition coefficient (Wildman–Crippen LogP) is 3.10. The summed E-state index contributed by atoms with van der Waals surface area (Å²) in [4.78, 5) is 13.1. The van der Waals surface area contributed by atoms with Gasteiger partial charge in [-0.05, 0) is 35.4 Å². The smallest absolute Gasteiger partial charge is 0.335 e. The van der Waals surface area contributed by atoms with Gasteiger partial charge in [-0.3, -0.25) is 0 Å². The van der Waals surface area contributed by atoms with Crippen molar-refractivity contribution in [2.24, 2.45) is 5.10 Å². The van der Waals surface area contributed by atoms with Crippen molar-refractivity contribution in [1.82, 2.24) is 4.83 Å². The van der Waals surface area contributed by atoms with E-state index in [-0.39, 0.29) is 10.5 Å². The Morgan fingerprint density at radius 2 is 1.26 bits per heavy atom. The molecule has 0 unspecified atom stereocenters. The molecule has 134 valence electrons. The zero-order valence-corrected chi connectivity index (χ0v) is 14.8. The summed E-state index contributed by atoms with van der Waals surface area (Å²) in [5.74, 6) is -1.12. The van der Waals surface area contributed by atoms with Gasteiger partial charge in [-0.1, -0.05) is 48.5 Å². The Kier molecular flexibility index (Phi) is 4.01. The predicted molar refractivity (Wildman–Crippen MR) is 101 cm³/mol. The van der Waals surface area contributed by atoms with Gasteiger partial charge in [0.05, 0.1) is 16.2 Å². The van der Waals surface area contributed by atoms with Crippen LogP contribution < -0.4 is 4.83 Å². The van der Waals surface area contributed by atoms with Crippen LogP contribution in [0.3, 0.4) is 0 Å². The molecular weight excluding hydrogens is 364 g/mol. The van der Waals surface area contributed by atoms with E-state index in [0.29, 0.717) is 5.71 Å². The fraction of sp³-hybridized carbons (Fsp3) is 0. The van der Waals surface area contributed by atoms with Crippen molar-refractivity contribution in [2.75, 3.05) is 0 Å². The van der Waals surface area contributed by atoms with Gasteiger partial charge in [0.2, 0.25) is 0 Å². The first kappa shape index (κ1) is 17.0. The number of sulfonamides is 1. The molecule has 0 aliphatic heterocycles. The van der Waals surface area contributed by atoms with Crippen LogP contribution in [0.1, 0.15) is 21.5 Å². The molecule has 0 heterocycles. The van der Waals surface area contributed by atoms with Gasteiger partial charge in [0.1, 0.15) is 0 Å². The average molecular weight is 378 g/mol. The summed E-state index contributed by atoms with van der Waals surface area (Å²) in [6.45, 7) is 0. The van der Waals surface area contributed by atoms with E-state index in [0.717, 1.165) is 22.3 Å². The molecule has 7 heteroatoms. The molecule has 0 spiro atoms. The molecule has 6 nitrogen and oxygen atoms in total. The van der Waals surface area contributed by atoms with E-state index in [1.807, 2.05) is 48.5 Å². The minimum absolute atomic E-state index is 0.0129. The molecule has 0 bridgehead atoms. The van der Waals surface area contributed by atoms with Gasteiger partial charge in [0.15, 0.2) is 0 Å². The third-order valence-electron chi connectivity index (χ3n) is 4.34. The van der Waals surface area contributed by atoms with Crippen molar-refractivity contribution < 1.29 is 18.3 Å². The minimum atomic E-state index is -3.93. The summed E-state index contributed by atoms with van der Waals surface area (Å²) < 4.78 is 25.1. The number of hydrazone groups is 1. The number of benzene rings is 3. The highest BCUT2D eigenvalue weighted by atomic mass is 32.2. The van der Waals surface area contributed by atoms with Crippen LogP contribution in [-0.2, 0) is 10.0 Å². The van der Waals surface area contributed by atoms with E-state index in [2.05, 4.69) is 9.93 Å². The Morgan fingerprint density at radius 1 is 0.778 bits per heavy atom. The maximum absolute atomic E-state index is 12.5. The SMILES string of the molecule is O=C(O)c1ccc(S(=O)(=O)NN=C2c3ccccc3-c3ccccc32)cc1. The highest BCUT2D eigenvalue weighted by molar-refractivity contribution is 7.89. The van der Waals surface area contributed by atoms with Gasteiger partial charge >= 0.3 is 5.97 Å². The Hall–Kier alpha value is -3.45. The Bertz CT molecular complexity index is 1140. The number of hydrogen-bond donors (Lipinski definition) is 2. The summed E-state index contributed by atoms with van der Waals surface area (Å²) in [6, 6.07) is 20.3. The molecule has 0 radical (unpaired) electrons. The van der Waals surface area contributed by atoms with Crippen LogP contribution in [0.25, 0.3) is 11.1 Å². The fourth-order valence-corrected chi connectivity index (χ4v) is 3.86. The van der Waals surface area contributed by atoms with Crippen molar-refractivity contribution >= 4 is 21.7 Å². The Balaban J connectivity index is 1.71. The first-order chi connectivity index (χ1) is 13.0. The molecule has 3 aromatic rings. The fourth-order valence-electron chi connectivity index (χ4n) is 3.05. The third kappa shape index (κ3) is 2.98. The van der Waals surface area contributed by atoms with E-state index in [1.165, 1.54) is 24.3 Å². The standard InChI is InChI=1S/C20H14N2O4S/c23-20(24)13-9-11-14(12-10-13)27(25,26)22-21-19-17-7-3-1-5-15(17)16-6-2-4-8-18(16)19/h1-12,22H,(H,23,24). The molecule has 0 atom stereocenters. The molecular formula is C20H14N2O4S. The zero-order chi connectivity index (χ0) is 19.0. The lowest BCUT2D eigenvalue weighted by molar-refractivity contribution is 0.0696. The van der Waals surface area contributed by atoms with E-state index < -0.39 is 16.0 Å². The van der Waals surface area contributed by atoms with E-state index in [9.17, 15) is 13.2 Å². The lowest BCUT2D eigenvalue weighted by atomic mass is 10.1. The van der Waals surface area contributed by atoms with Crippen LogP contribution in [0.4, 0.5) is 0 Å². The molecule has 0 aromatic heterocycles. The molecule has 4 rings (SSSR count). The summed E-state index contributed by atoms with van der Waals surface area (Å²) in [5.41, 5.74) is 4.25. The van der Waals surface area contributed by atoms with Crippen LogP contribution in [0.5, 0.6) is 0 Å². The molecule has 0 fully saturated rings. The second-order valence-electron chi connectivity index (χ2n) is 5.98. The number of carbonyl (C=O) groups is 1. The average Bonchev–Trinajstić information content (AvgIpc) is 3.00. The third-order valence-corrected chi connectivity index (χ3v) is 5.57. The number of nitrogens with zero attached hydrogens (tertiary/aromatic N) is 1. The second-order valence-corrected chi connectivity index (χ2v) is 7.64. The largest absolute Gasteiger partial charge is 0.478 e. The number of hydrogen-bond acceptors (Lipinski definition) is 4. The van der Waals surface area contributed by atoms with Gasteiger partial charge in [-0.15, -0.1) is 0 Å². The van der Waals surface area contributed by atoms with Gasteiger partial charge in [0.25, 0.3) is 10.0 Å². The number of carboxylic acid groups (broad SMARTS) is 1. The Morgan fingerprint density at radius 3 is 1.74 bits per heavy atom. The van der Waals surface area contributed by atoms with Crippen LogP contribution >= 0.6 is 0 Å². The topological polar surface area (TPSA) is 95.8 Å². The van der Waals surface area contributed by atoms with E-state index in [4.69, 9.17) is 5.11 Å². The maximum atomic E-state index is 12.5. The van der Waals surface area contributed by atoms with Crippen LogP contribution in [0.2, 0.25) is 0 Å². The monoisotopic (exact) mass is 378 g/mol. The van der Waals surface area contributed by atoms with Crippen LogP contribution in [0.15, 0.2) is 82.8 Å². The summed E-state index contributed by atoms with van der Waals surface area (Å²) in [5, 5.41) is 13.1. The van der Waals surface area contributed by atoms with Crippen molar-refractivity contribution in [2.45, 2.75) is 4.90 Å². The molecule has 3 aromatic carbocycles. The number of aromatic carboxylic acids is 1. The van der Waals surface area contributed by atoms with Crippen LogP contribution in [-0.4, -0.2) is 25.2 Å². The lowest BCUT2D eigenvalue weighted by Gasteiger charge is -2.06. The molecule has 27 heavy (non-hydrogen) atoms. The van der Waals surface area contributed by atoms with Crippen molar-refractivity contribution in [1.29, 1.82) is 0 Å². The lowest BCUT2D eigenvalue weighted by Crippen LogP contribution is -2.20. The van der Waals surface area contributed by atoms with Gasteiger partial charge in [0, 0.05) is 11.1 Å². The first-order valence-electron chi connectivity index (χ1n) is 8.09. The number of nitrogens with one attached hydrogen (secondary N) is 1. The quantitative estimate of drug-likeness (QED) is 0.534. The maximum Gasteiger partial charge on any atom is 0.335 e. The minimum Gasteiger partial charge on any atom is -0.478 e. The second kappa shape index (κ2) is 6.37. The van der Waals surface area contributed by atoms with Crippen LogP contribution in [0, 0.1) is 0 Å². The molecule has 1 aliphatic rings. The summed E-state index contributed by atoms with van der Waals surface area (Å²) >= 11 is 0. The van der Waals surface area contributed by atoms with Crippen molar-refractivity contribution in [3.63, 3.8) is 0 Å². The van der Waals surface area contributed by atoms with Gasteiger partial charge in [-0.2, -0.15) is 18.4 Å². The summed E-state index contributed by atoms with van der Waals surface area (Å²) in [6.07, 6.45) is 0. The highest BCUT2D eigenvalue weighted by Crippen LogP contribution is 2.36.